The Kier molecular flexibility index (Phi) is 6.83. The number of nitrogens with zero attached hydrogens (tertiary/aromatic N) is 7. The molecule has 38 heavy (non-hydrogen) atoms. The minimum Gasteiger partial charge on any atom is -0.378 e. The van der Waals surface area contributed by atoms with E-state index in [9.17, 15) is 0 Å². The van der Waals surface area contributed by atoms with Crippen LogP contribution in [0.1, 0.15) is 51.4 Å². The molecule has 0 amide bonds. The molecule has 8 bridgehead atoms. The van der Waals surface area contributed by atoms with Crippen LogP contribution in [0.25, 0.3) is 17.1 Å². The number of nitrogens with one attached hydrogen (secondary N) is 1. The minimum absolute atomic E-state index is 0.346. The molecule has 1 aliphatic carbocycles. The second kappa shape index (κ2) is 10.7. The highest BCUT2D eigenvalue weighted by atomic mass is 32.2. The van der Waals surface area contributed by atoms with Crippen LogP contribution in [-0.4, -0.2) is 69.1 Å². The summed E-state index contributed by atoms with van der Waals surface area (Å²) in [7, 11) is 0. The maximum absolute atomic E-state index is 6.37. The SMILES string of the molecule is c1cc2nc(n1)N1CCCC(CCCOC3CCN(CC3)c3cc(NSC4CC4)ccc3-n3cc-2nn3)C1. The van der Waals surface area contributed by atoms with Crippen LogP contribution in [0.15, 0.2) is 36.7 Å². The van der Waals surface area contributed by atoms with Crippen LogP contribution in [0.3, 0.4) is 0 Å². The van der Waals surface area contributed by atoms with E-state index in [1.165, 1.54) is 37.8 Å². The molecule has 1 atom stereocenters. The van der Waals surface area contributed by atoms with Gasteiger partial charge in [0.2, 0.25) is 5.95 Å². The van der Waals surface area contributed by atoms with E-state index in [1.54, 1.807) is 0 Å². The lowest BCUT2D eigenvalue weighted by Crippen LogP contribution is -2.38. The smallest absolute Gasteiger partial charge is 0.225 e. The van der Waals surface area contributed by atoms with Gasteiger partial charge in [0.05, 0.1) is 29.4 Å². The van der Waals surface area contributed by atoms with Crippen LogP contribution in [-0.2, 0) is 4.74 Å². The first-order chi connectivity index (χ1) is 18.8. The number of anilines is 3. The van der Waals surface area contributed by atoms with Crippen molar-refractivity contribution in [2.24, 2.45) is 5.92 Å². The van der Waals surface area contributed by atoms with E-state index in [1.807, 2.05) is 35.1 Å². The van der Waals surface area contributed by atoms with E-state index in [2.05, 4.69) is 48.0 Å². The van der Waals surface area contributed by atoms with Crippen LogP contribution in [0, 0.1) is 5.92 Å². The largest absolute Gasteiger partial charge is 0.378 e. The summed E-state index contributed by atoms with van der Waals surface area (Å²) in [6.07, 6.45) is 13.7. The average Bonchev–Trinajstić information content (AvgIpc) is 3.68. The van der Waals surface area contributed by atoms with Crippen LogP contribution in [0.2, 0.25) is 0 Å². The molecule has 4 aliphatic heterocycles. The number of rotatable bonds is 3. The van der Waals surface area contributed by atoms with Crippen molar-refractivity contribution in [3.05, 3.63) is 36.7 Å². The first-order valence-electron chi connectivity index (χ1n) is 14.2. The van der Waals surface area contributed by atoms with Gasteiger partial charge < -0.3 is 19.3 Å². The number of aromatic nitrogens is 5. The monoisotopic (exact) mass is 532 g/mol. The molecular weight excluding hydrogens is 496 g/mol. The quantitative estimate of drug-likeness (QED) is 0.471. The summed E-state index contributed by atoms with van der Waals surface area (Å²) in [6, 6.07) is 8.52. The Bertz CT molecular complexity index is 1260. The summed E-state index contributed by atoms with van der Waals surface area (Å²) < 4.78 is 11.8. The van der Waals surface area contributed by atoms with E-state index in [0.717, 1.165) is 86.0 Å². The fourth-order valence-corrected chi connectivity index (χ4v) is 6.68. The van der Waals surface area contributed by atoms with Crippen LogP contribution in [0.5, 0.6) is 0 Å². The normalized spacial score (nSPS) is 23.8. The van der Waals surface area contributed by atoms with Crippen LogP contribution in [0.4, 0.5) is 17.3 Å². The zero-order valence-electron chi connectivity index (χ0n) is 21.8. The molecule has 1 N–H and O–H groups in total. The van der Waals surface area contributed by atoms with Gasteiger partial charge >= 0.3 is 0 Å². The lowest BCUT2D eigenvalue weighted by molar-refractivity contribution is 0.0330. The van der Waals surface area contributed by atoms with Crippen LogP contribution < -0.4 is 14.5 Å². The number of benzene rings is 1. The first-order valence-corrected chi connectivity index (χ1v) is 15.1. The van der Waals surface area contributed by atoms with Gasteiger partial charge in [-0.3, -0.25) is 0 Å². The molecule has 3 aromatic rings. The van der Waals surface area contributed by atoms with Gasteiger partial charge in [0.15, 0.2) is 0 Å². The summed E-state index contributed by atoms with van der Waals surface area (Å²) in [6.45, 7) is 4.83. The molecular formula is C28H36N8OS. The Hall–Kier alpha value is -2.85. The molecule has 3 fully saturated rings. The molecule has 0 spiro atoms. The predicted molar refractivity (Wildman–Crippen MR) is 152 cm³/mol. The Balaban J connectivity index is 1.23. The minimum atomic E-state index is 0.346. The fraction of sp³-hybridized carbons (Fsp3) is 0.571. The molecule has 1 aromatic carbocycles. The highest BCUT2D eigenvalue weighted by molar-refractivity contribution is 8.01. The molecule has 5 aliphatic rings. The number of piperidine rings is 2. The topological polar surface area (TPSA) is 84.2 Å². The Morgan fingerprint density at radius 3 is 2.68 bits per heavy atom. The third kappa shape index (κ3) is 5.33. The highest BCUT2D eigenvalue weighted by Crippen LogP contribution is 2.37. The fourth-order valence-electron chi connectivity index (χ4n) is 5.88. The number of fused-ring (bicyclic) bond motifs is 5. The van der Waals surface area contributed by atoms with Crippen molar-refractivity contribution in [2.75, 3.05) is 47.3 Å². The van der Waals surface area contributed by atoms with Crippen molar-refractivity contribution in [3.63, 3.8) is 0 Å². The highest BCUT2D eigenvalue weighted by Gasteiger charge is 2.26. The molecule has 8 rings (SSSR count). The van der Waals surface area contributed by atoms with Gasteiger partial charge in [-0.2, -0.15) is 0 Å². The van der Waals surface area contributed by atoms with Gasteiger partial charge in [0, 0.05) is 49.9 Å². The van der Waals surface area contributed by atoms with E-state index < -0.39 is 0 Å². The molecule has 1 saturated carbocycles. The van der Waals surface area contributed by atoms with Crippen molar-refractivity contribution < 1.29 is 4.74 Å². The number of hydrogen-bond acceptors (Lipinski definition) is 9. The zero-order chi connectivity index (χ0) is 25.3. The molecule has 0 radical (unpaired) electrons. The summed E-state index contributed by atoms with van der Waals surface area (Å²) >= 11 is 1.84. The maximum atomic E-state index is 6.37. The molecule has 2 saturated heterocycles. The maximum Gasteiger partial charge on any atom is 0.225 e. The van der Waals surface area contributed by atoms with Crippen molar-refractivity contribution in [1.82, 2.24) is 25.0 Å². The predicted octanol–water partition coefficient (Wildman–Crippen LogP) is 4.94. The summed E-state index contributed by atoms with van der Waals surface area (Å²) in [5, 5.41) is 9.84. The molecule has 10 heteroatoms. The standard InChI is InChI=1S/C28H36N8OS/c1-3-20-4-2-16-37-22-10-14-34(15-11-22)27-17-21(32-38-23-6-7-23)5-8-26(27)36-19-25(31-33-36)24-9-12-29-28(30-24)35(13-1)18-20/h5,8-9,12,17,19-20,22-23,32H,1-4,6-7,10-11,13-16,18H2. The summed E-state index contributed by atoms with van der Waals surface area (Å²) in [5.41, 5.74) is 4.94. The third-order valence-corrected chi connectivity index (χ3v) is 9.34. The lowest BCUT2D eigenvalue weighted by Gasteiger charge is -2.35. The average molecular weight is 533 g/mol. The van der Waals surface area contributed by atoms with E-state index in [4.69, 9.17) is 9.72 Å². The molecule has 9 nitrogen and oxygen atoms in total. The van der Waals surface area contributed by atoms with Crippen molar-refractivity contribution in [2.45, 2.75) is 62.7 Å². The van der Waals surface area contributed by atoms with Gasteiger partial charge in [0.25, 0.3) is 0 Å². The second-order valence-corrected chi connectivity index (χ2v) is 12.2. The van der Waals surface area contributed by atoms with Gasteiger partial charge in [-0.15, -0.1) is 5.10 Å². The first kappa shape index (κ1) is 24.2. The van der Waals surface area contributed by atoms with Gasteiger partial charge in [0.1, 0.15) is 5.69 Å². The third-order valence-electron chi connectivity index (χ3n) is 8.18. The summed E-state index contributed by atoms with van der Waals surface area (Å²) in [5.74, 6) is 1.46. The van der Waals surface area contributed by atoms with Crippen molar-refractivity contribution in [1.29, 1.82) is 0 Å². The van der Waals surface area contributed by atoms with Gasteiger partial charge in [-0.25, -0.2) is 14.6 Å². The molecule has 200 valence electrons. The van der Waals surface area contributed by atoms with E-state index >= 15 is 0 Å². The van der Waals surface area contributed by atoms with Crippen molar-refractivity contribution >= 4 is 29.3 Å². The molecule has 1 unspecified atom stereocenters. The molecule has 6 heterocycles. The van der Waals surface area contributed by atoms with Gasteiger partial charge in [-0.05, 0) is 93.5 Å². The molecule has 2 aromatic heterocycles. The zero-order valence-corrected chi connectivity index (χ0v) is 22.7. The Labute approximate surface area is 228 Å². The van der Waals surface area contributed by atoms with Crippen molar-refractivity contribution in [3.8, 4) is 17.1 Å². The van der Waals surface area contributed by atoms with E-state index in [0.29, 0.717) is 12.0 Å². The van der Waals surface area contributed by atoms with Gasteiger partial charge in [-0.1, -0.05) is 5.21 Å². The lowest BCUT2D eigenvalue weighted by atomic mass is 9.94. The Morgan fingerprint density at radius 1 is 0.895 bits per heavy atom. The summed E-state index contributed by atoms with van der Waals surface area (Å²) in [4.78, 5) is 14.4. The van der Waals surface area contributed by atoms with E-state index in [-0.39, 0.29) is 0 Å². The number of ether oxygens (including phenoxy) is 1. The Morgan fingerprint density at radius 2 is 1.79 bits per heavy atom. The number of hydrogen-bond donors (Lipinski definition) is 1. The second-order valence-electron chi connectivity index (χ2n) is 11.1. The van der Waals surface area contributed by atoms with Crippen LogP contribution >= 0.6 is 11.9 Å².